The topological polar surface area (TPSA) is 118 Å². The first-order chi connectivity index (χ1) is 6.97. The third-order valence-electron chi connectivity index (χ3n) is 1.63. The Kier molecular flexibility index (Phi) is 5.84. The lowest BCUT2D eigenvalue weighted by atomic mass is 10.1. The van der Waals surface area contributed by atoms with Crippen LogP contribution in [0.2, 0.25) is 0 Å². The van der Waals surface area contributed by atoms with Gasteiger partial charge in [-0.1, -0.05) is 0 Å². The standard InChI is InChI=1S/C8H12N3O4/c1-5(12)11-7(8(14)15)3-2-6(13)4-10-9/h7H,2-4H2,1H3,(H,11,12)(H,14,15)/q-1/t7-/m1/s1. The highest BCUT2D eigenvalue weighted by atomic mass is 16.4. The molecular weight excluding hydrogens is 202 g/mol. The van der Waals surface area contributed by atoms with Gasteiger partial charge in [0.25, 0.3) is 0 Å². The minimum Gasteiger partial charge on any atom is -0.712 e. The number of hydrogen-bond acceptors (Lipinski definition) is 4. The fraction of sp³-hybridized carbons (Fsp3) is 0.625. The maximum atomic E-state index is 10.9. The summed E-state index contributed by atoms with van der Waals surface area (Å²) in [6, 6.07) is -1.08. The van der Waals surface area contributed by atoms with E-state index >= 15 is 0 Å². The lowest BCUT2D eigenvalue weighted by molar-refractivity contribution is -0.141. The highest BCUT2D eigenvalue weighted by molar-refractivity contribution is 5.84. The van der Waals surface area contributed by atoms with E-state index in [0.717, 1.165) is 0 Å². The lowest BCUT2D eigenvalue weighted by Crippen LogP contribution is -2.39. The van der Waals surface area contributed by atoms with E-state index in [1.54, 1.807) is 0 Å². The molecule has 2 N–H and O–H groups in total. The molecule has 0 bridgehead atoms. The second kappa shape index (κ2) is 6.63. The monoisotopic (exact) mass is 214 g/mol. The maximum Gasteiger partial charge on any atom is 0.326 e. The van der Waals surface area contributed by atoms with Gasteiger partial charge in [0.15, 0.2) is 5.78 Å². The van der Waals surface area contributed by atoms with Gasteiger partial charge in [-0.25, -0.2) is 4.79 Å². The molecule has 0 saturated heterocycles. The largest absolute Gasteiger partial charge is 0.712 e. The van der Waals surface area contributed by atoms with Crippen LogP contribution in [0.15, 0.2) is 5.11 Å². The summed E-state index contributed by atoms with van der Waals surface area (Å²) in [5.41, 5.74) is 8.07. The Morgan fingerprint density at radius 1 is 1.47 bits per heavy atom. The van der Waals surface area contributed by atoms with Crippen LogP contribution in [-0.4, -0.2) is 35.4 Å². The van der Waals surface area contributed by atoms with Crippen LogP contribution in [0.5, 0.6) is 0 Å². The van der Waals surface area contributed by atoms with Gasteiger partial charge in [-0.3, -0.25) is 9.59 Å². The first-order valence-corrected chi connectivity index (χ1v) is 4.29. The molecule has 0 heterocycles. The van der Waals surface area contributed by atoms with Crippen LogP contribution in [0.4, 0.5) is 0 Å². The number of carbonyl (C=O) groups is 3. The highest BCUT2D eigenvalue weighted by Gasteiger charge is 2.18. The minimum absolute atomic E-state index is 0.0106. The van der Waals surface area contributed by atoms with Crippen LogP contribution in [0.25, 0.3) is 5.53 Å². The van der Waals surface area contributed by atoms with Crippen molar-refractivity contribution in [2.24, 2.45) is 5.11 Å². The van der Waals surface area contributed by atoms with Gasteiger partial charge < -0.3 is 21.1 Å². The molecule has 0 rings (SSSR count). The van der Waals surface area contributed by atoms with Gasteiger partial charge in [0, 0.05) is 13.3 Å². The normalized spacial score (nSPS) is 11.5. The maximum absolute atomic E-state index is 10.9. The molecule has 0 radical (unpaired) electrons. The number of aliphatic carboxylic acids is 1. The molecule has 0 aliphatic heterocycles. The summed E-state index contributed by atoms with van der Waals surface area (Å²) >= 11 is 0. The second-order valence-corrected chi connectivity index (χ2v) is 2.97. The summed E-state index contributed by atoms with van der Waals surface area (Å²) in [4.78, 5) is 32.1. The average molecular weight is 214 g/mol. The predicted octanol–water partition coefficient (Wildman–Crippen LogP) is -0.0534. The average Bonchev–Trinajstić information content (AvgIpc) is 2.11. The molecule has 0 saturated carbocycles. The molecule has 0 aromatic carbocycles. The summed E-state index contributed by atoms with van der Waals surface area (Å²) in [5, 5.41) is 13.5. The van der Waals surface area contributed by atoms with Gasteiger partial charge in [-0.15, -0.1) is 0 Å². The zero-order chi connectivity index (χ0) is 11.8. The molecule has 1 atom stereocenters. The number of ketones is 1. The number of hydrogen-bond donors (Lipinski definition) is 2. The van der Waals surface area contributed by atoms with E-state index in [1.165, 1.54) is 6.92 Å². The summed E-state index contributed by atoms with van der Waals surface area (Å²) in [5.74, 6) is -2.05. The van der Waals surface area contributed by atoms with Crippen LogP contribution >= 0.6 is 0 Å². The number of carboxylic acid groups (broad SMARTS) is 1. The number of amides is 1. The van der Waals surface area contributed by atoms with Crippen molar-refractivity contribution in [1.29, 1.82) is 0 Å². The minimum atomic E-state index is -1.20. The molecule has 0 unspecified atom stereocenters. The molecule has 7 heteroatoms. The van der Waals surface area contributed by atoms with Crippen molar-refractivity contribution >= 4 is 17.7 Å². The van der Waals surface area contributed by atoms with Crippen LogP contribution in [0.1, 0.15) is 19.8 Å². The van der Waals surface area contributed by atoms with Gasteiger partial charge >= 0.3 is 5.97 Å². The molecule has 0 aromatic rings. The third kappa shape index (κ3) is 6.30. The molecule has 0 fully saturated rings. The van der Waals surface area contributed by atoms with Gasteiger partial charge in [0.1, 0.15) is 6.04 Å². The van der Waals surface area contributed by atoms with E-state index in [-0.39, 0.29) is 25.2 Å². The van der Waals surface area contributed by atoms with Crippen molar-refractivity contribution in [3.05, 3.63) is 5.53 Å². The van der Waals surface area contributed by atoms with Crippen molar-refractivity contribution in [3.8, 4) is 0 Å². The number of Topliss-reactive ketones (excluding diaryl/α,β-unsaturated/α-hetero) is 1. The zero-order valence-corrected chi connectivity index (χ0v) is 8.27. The van der Waals surface area contributed by atoms with Crippen LogP contribution in [0.3, 0.4) is 0 Å². The van der Waals surface area contributed by atoms with Crippen molar-refractivity contribution < 1.29 is 19.5 Å². The molecule has 0 aliphatic rings. The van der Waals surface area contributed by atoms with Crippen LogP contribution in [0, 0.1) is 0 Å². The van der Waals surface area contributed by atoms with Gasteiger partial charge in [-0.2, -0.15) is 0 Å². The first-order valence-electron chi connectivity index (χ1n) is 4.29. The molecule has 84 valence electrons. The Morgan fingerprint density at radius 3 is 2.47 bits per heavy atom. The third-order valence-corrected chi connectivity index (χ3v) is 1.63. The fourth-order valence-electron chi connectivity index (χ4n) is 0.966. The van der Waals surface area contributed by atoms with Crippen LogP contribution in [-0.2, 0) is 14.4 Å². The lowest BCUT2D eigenvalue weighted by Gasteiger charge is -2.12. The number of nitrogens with one attached hydrogen (secondary N) is 1. The van der Waals surface area contributed by atoms with Gasteiger partial charge in [-0.05, 0) is 6.42 Å². The molecule has 0 aromatic heterocycles. The van der Waals surface area contributed by atoms with E-state index < -0.39 is 17.9 Å². The Hall–Kier alpha value is -1.79. The van der Waals surface area contributed by atoms with E-state index in [0.29, 0.717) is 0 Å². The van der Waals surface area contributed by atoms with Gasteiger partial charge in [0.05, 0.1) is 6.54 Å². The van der Waals surface area contributed by atoms with Crippen LogP contribution < -0.4 is 5.32 Å². The Balaban J connectivity index is 4.06. The smallest absolute Gasteiger partial charge is 0.326 e. The fourth-order valence-corrected chi connectivity index (χ4v) is 0.966. The van der Waals surface area contributed by atoms with Crippen molar-refractivity contribution in [3.63, 3.8) is 0 Å². The summed E-state index contributed by atoms with van der Waals surface area (Å²) in [6.45, 7) is 0.841. The molecular formula is C8H12N3O4-. The van der Waals surface area contributed by atoms with Crippen molar-refractivity contribution in [2.45, 2.75) is 25.8 Å². The summed E-state index contributed by atoms with van der Waals surface area (Å²) < 4.78 is 0. The van der Waals surface area contributed by atoms with E-state index in [4.69, 9.17) is 10.6 Å². The number of rotatable bonds is 7. The highest BCUT2D eigenvalue weighted by Crippen LogP contribution is 1.99. The zero-order valence-electron chi connectivity index (χ0n) is 8.27. The number of carboxylic acids is 1. The molecule has 0 aliphatic carbocycles. The number of carbonyl (C=O) groups excluding carboxylic acids is 2. The van der Waals surface area contributed by atoms with E-state index in [2.05, 4.69) is 10.4 Å². The van der Waals surface area contributed by atoms with E-state index in [9.17, 15) is 14.4 Å². The molecule has 1 amide bonds. The number of nitrogens with zero attached hydrogens (tertiary/aromatic N) is 2. The predicted molar refractivity (Wildman–Crippen MR) is 50.1 cm³/mol. The quantitative estimate of drug-likeness (QED) is 0.577. The SMILES string of the molecule is CC(=O)N[C@H](CCC(=O)CN=[N-])C(=O)O. The summed E-state index contributed by atoms with van der Waals surface area (Å²) in [7, 11) is 0. The van der Waals surface area contributed by atoms with Gasteiger partial charge in [0.2, 0.25) is 5.91 Å². The first kappa shape index (κ1) is 13.2. The van der Waals surface area contributed by atoms with Crippen molar-refractivity contribution in [2.75, 3.05) is 6.54 Å². The molecule has 7 nitrogen and oxygen atoms in total. The molecule has 15 heavy (non-hydrogen) atoms. The van der Waals surface area contributed by atoms with Crippen molar-refractivity contribution in [1.82, 2.24) is 5.32 Å². The molecule has 0 spiro atoms. The summed E-state index contributed by atoms with van der Waals surface area (Å²) in [6.07, 6.45) is -0.0649. The Morgan fingerprint density at radius 2 is 2.07 bits per heavy atom. The van der Waals surface area contributed by atoms with E-state index in [1.807, 2.05) is 0 Å². The Labute approximate surface area is 86.4 Å². The second-order valence-electron chi connectivity index (χ2n) is 2.97. The Bertz CT molecular complexity index is 277.